The predicted octanol–water partition coefficient (Wildman–Crippen LogP) is 4.98. The highest BCUT2D eigenvalue weighted by molar-refractivity contribution is 8.18. The van der Waals surface area contributed by atoms with Crippen LogP contribution < -0.4 is 4.74 Å². The van der Waals surface area contributed by atoms with Crippen molar-refractivity contribution in [1.29, 1.82) is 0 Å². The van der Waals surface area contributed by atoms with Crippen molar-refractivity contribution < 1.29 is 14.3 Å². The Morgan fingerprint density at radius 1 is 1.26 bits per heavy atom. The van der Waals surface area contributed by atoms with Gasteiger partial charge in [-0.1, -0.05) is 17.7 Å². The molecule has 0 saturated carbocycles. The van der Waals surface area contributed by atoms with Crippen molar-refractivity contribution in [1.82, 2.24) is 9.47 Å². The lowest BCUT2D eigenvalue weighted by Gasteiger charge is -2.14. The Labute approximate surface area is 167 Å². The van der Waals surface area contributed by atoms with E-state index < -0.39 is 0 Å². The minimum Gasteiger partial charge on any atom is -0.495 e. The molecule has 1 saturated heterocycles. The van der Waals surface area contributed by atoms with Crippen LogP contribution in [-0.4, -0.2) is 34.3 Å². The molecule has 0 radical (unpaired) electrons. The number of aromatic nitrogens is 1. The molecule has 27 heavy (non-hydrogen) atoms. The molecule has 1 aliphatic heterocycles. The summed E-state index contributed by atoms with van der Waals surface area (Å²) < 4.78 is 7.48. The molecule has 0 bridgehead atoms. The molecular weight excluding hydrogens is 384 g/mol. The first-order valence-electron chi connectivity index (χ1n) is 8.26. The lowest BCUT2D eigenvalue weighted by atomic mass is 10.2. The molecular formula is C20H19ClN2O3S. The van der Waals surface area contributed by atoms with E-state index >= 15 is 0 Å². The summed E-state index contributed by atoms with van der Waals surface area (Å²) in [6, 6.07) is 7.39. The first-order valence-corrected chi connectivity index (χ1v) is 9.46. The molecule has 140 valence electrons. The number of methoxy groups -OCH3 is 1. The van der Waals surface area contributed by atoms with Crippen LogP contribution in [0.15, 0.2) is 41.8 Å². The number of carbonyl (C=O) groups excluding carboxylic acids is 2. The number of thioether (sulfide) groups is 1. The Balaban J connectivity index is 2.05. The molecule has 3 rings (SSSR count). The van der Waals surface area contributed by atoms with E-state index in [-0.39, 0.29) is 17.7 Å². The summed E-state index contributed by atoms with van der Waals surface area (Å²) >= 11 is 7.12. The van der Waals surface area contributed by atoms with Crippen LogP contribution in [0, 0.1) is 13.8 Å². The highest BCUT2D eigenvalue weighted by Gasteiger charge is 2.34. The van der Waals surface area contributed by atoms with Crippen LogP contribution in [0.4, 0.5) is 4.79 Å². The number of rotatable bonds is 5. The first kappa shape index (κ1) is 19.3. The summed E-state index contributed by atoms with van der Waals surface area (Å²) in [5.74, 6) is 0.397. The molecule has 0 N–H and O–H groups in total. The molecule has 7 heteroatoms. The maximum Gasteiger partial charge on any atom is 0.293 e. The van der Waals surface area contributed by atoms with Gasteiger partial charge in [0.1, 0.15) is 5.75 Å². The maximum absolute atomic E-state index is 12.5. The van der Waals surface area contributed by atoms with Gasteiger partial charge in [-0.25, -0.2) is 0 Å². The molecule has 1 aliphatic rings. The molecule has 5 nitrogen and oxygen atoms in total. The van der Waals surface area contributed by atoms with E-state index in [1.807, 2.05) is 36.6 Å². The van der Waals surface area contributed by atoms with Crippen LogP contribution in [0.3, 0.4) is 0 Å². The molecule has 2 amide bonds. The van der Waals surface area contributed by atoms with Gasteiger partial charge in [0.15, 0.2) is 0 Å². The smallest absolute Gasteiger partial charge is 0.293 e. The molecule has 1 fully saturated rings. The third-order valence-corrected chi connectivity index (χ3v) is 5.47. The molecule has 0 atom stereocenters. The fourth-order valence-electron chi connectivity index (χ4n) is 3.07. The van der Waals surface area contributed by atoms with Gasteiger partial charge >= 0.3 is 0 Å². The van der Waals surface area contributed by atoms with E-state index in [2.05, 4.69) is 6.58 Å². The van der Waals surface area contributed by atoms with Gasteiger partial charge in [0.05, 0.1) is 17.7 Å². The topological polar surface area (TPSA) is 51.5 Å². The van der Waals surface area contributed by atoms with E-state index in [1.165, 1.54) is 11.0 Å². The second-order valence-corrected chi connectivity index (χ2v) is 7.49. The van der Waals surface area contributed by atoms with Crippen molar-refractivity contribution in [2.75, 3.05) is 13.7 Å². The Morgan fingerprint density at radius 2 is 2.00 bits per heavy atom. The minimum atomic E-state index is -0.296. The van der Waals surface area contributed by atoms with E-state index in [0.717, 1.165) is 34.4 Å². The number of hydrogen-bond donors (Lipinski definition) is 0. The van der Waals surface area contributed by atoms with Gasteiger partial charge in [-0.2, -0.15) is 0 Å². The largest absolute Gasteiger partial charge is 0.495 e. The van der Waals surface area contributed by atoms with Gasteiger partial charge < -0.3 is 9.30 Å². The Hall–Kier alpha value is -2.44. The zero-order valence-corrected chi connectivity index (χ0v) is 16.9. The lowest BCUT2D eigenvalue weighted by Crippen LogP contribution is -2.27. The highest BCUT2D eigenvalue weighted by atomic mass is 35.5. The van der Waals surface area contributed by atoms with E-state index in [0.29, 0.717) is 15.7 Å². The quantitative estimate of drug-likeness (QED) is 0.523. The van der Waals surface area contributed by atoms with Crippen molar-refractivity contribution in [3.05, 3.63) is 63.8 Å². The third-order valence-electron chi connectivity index (χ3n) is 4.32. The van der Waals surface area contributed by atoms with Gasteiger partial charge in [-0.05, 0) is 61.5 Å². The second-order valence-electron chi connectivity index (χ2n) is 6.06. The highest BCUT2D eigenvalue weighted by Crippen LogP contribution is 2.35. The molecule has 0 aliphatic carbocycles. The van der Waals surface area contributed by atoms with Gasteiger partial charge in [0.25, 0.3) is 11.1 Å². The number of hydrogen-bond acceptors (Lipinski definition) is 4. The SMILES string of the molecule is C=CCN1C(=O)S/C(=C/c2cc(C)n(-c3cc(Cl)ccc3OC)c2C)C1=O. The Bertz CT molecular complexity index is 978. The molecule has 0 spiro atoms. The molecule has 2 aromatic rings. The number of ether oxygens (including phenoxy) is 1. The monoisotopic (exact) mass is 402 g/mol. The Kier molecular flexibility index (Phi) is 5.48. The molecule has 1 aromatic heterocycles. The zero-order valence-electron chi connectivity index (χ0n) is 15.3. The zero-order chi connectivity index (χ0) is 19.7. The summed E-state index contributed by atoms with van der Waals surface area (Å²) in [6.07, 6.45) is 3.29. The Morgan fingerprint density at radius 3 is 2.67 bits per heavy atom. The lowest BCUT2D eigenvalue weighted by molar-refractivity contribution is -0.122. The van der Waals surface area contributed by atoms with E-state index in [1.54, 1.807) is 19.3 Å². The minimum absolute atomic E-state index is 0.209. The van der Waals surface area contributed by atoms with Crippen LogP contribution in [0.2, 0.25) is 5.02 Å². The predicted molar refractivity (Wildman–Crippen MR) is 110 cm³/mol. The number of nitrogens with zero attached hydrogens (tertiary/aromatic N) is 2. The fraction of sp³-hybridized carbons (Fsp3) is 0.200. The van der Waals surface area contributed by atoms with Gasteiger partial charge in [-0.15, -0.1) is 6.58 Å². The summed E-state index contributed by atoms with van der Waals surface area (Å²) in [5.41, 5.74) is 3.56. The molecule has 2 heterocycles. The van der Waals surface area contributed by atoms with Crippen molar-refractivity contribution in [2.24, 2.45) is 0 Å². The molecule has 0 unspecified atom stereocenters. The number of aryl methyl sites for hydroxylation is 1. The summed E-state index contributed by atoms with van der Waals surface area (Å²) in [7, 11) is 1.61. The summed E-state index contributed by atoms with van der Waals surface area (Å²) in [4.78, 5) is 26.1. The summed E-state index contributed by atoms with van der Waals surface area (Å²) in [5, 5.41) is 0.321. The van der Waals surface area contributed by atoms with Crippen molar-refractivity contribution in [2.45, 2.75) is 13.8 Å². The average Bonchev–Trinajstić information content (AvgIpc) is 3.05. The van der Waals surface area contributed by atoms with Crippen molar-refractivity contribution in [3.63, 3.8) is 0 Å². The molecule has 1 aromatic carbocycles. The van der Waals surface area contributed by atoms with E-state index in [4.69, 9.17) is 16.3 Å². The van der Waals surface area contributed by atoms with E-state index in [9.17, 15) is 9.59 Å². The van der Waals surface area contributed by atoms with Crippen molar-refractivity contribution >= 4 is 40.6 Å². The average molecular weight is 403 g/mol. The number of benzene rings is 1. The van der Waals surface area contributed by atoms with Gasteiger partial charge in [-0.3, -0.25) is 14.5 Å². The van der Waals surface area contributed by atoms with Gasteiger partial charge in [0.2, 0.25) is 0 Å². The van der Waals surface area contributed by atoms with Gasteiger partial charge in [0, 0.05) is 23.0 Å². The number of imide groups is 1. The maximum atomic E-state index is 12.5. The van der Waals surface area contributed by atoms with Crippen LogP contribution in [-0.2, 0) is 4.79 Å². The number of halogens is 1. The van der Waals surface area contributed by atoms with Crippen LogP contribution in [0.5, 0.6) is 5.75 Å². The summed E-state index contributed by atoms with van der Waals surface area (Å²) in [6.45, 7) is 7.71. The number of carbonyl (C=O) groups is 2. The normalized spacial score (nSPS) is 15.7. The van der Waals surface area contributed by atoms with Crippen LogP contribution >= 0.6 is 23.4 Å². The fourth-order valence-corrected chi connectivity index (χ4v) is 4.08. The number of amides is 2. The van der Waals surface area contributed by atoms with Crippen LogP contribution in [0.1, 0.15) is 17.0 Å². The first-order chi connectivity index (χ1) is 12.9. The van der Waals surface area contributed by atoms with Crippen molar-refractivity contribution in [3.8, 4) is 11.4 Å². The second kappa shape index (κ2) is 7.66. The third kappa shape index (κ3) is 3.55. The van der Waals surface area contributed by atoms with Crippen LogP contribution in [0.25, 0.3) is 11.8 Å². The standard InChI is InChI=1S/C20H19ClN2O3S/c1-5-8-22-19(24)18(27-20(22)25)10-14-9-12(2)23(13(14)3)16-11-15(21)6-7-17(16)26-4/h5-7,9-11H,1,8H2,2-4H3/b18-10+.